The van der Waals surface area contributed by atoms with Gasteiger partial charge in [-0.25, -0.2) is 28.8 Å². The molecule has 0 aromatic heterocycles. The molecular formula is C75H58N8O18. The molecule has 0 spiro atoms. The van der Waals surface area contributed by atoms with Gasteiger partial charge in [0, 0.05) is 80.4 Å². The van der Waals surface area contributed by atoms with Gasteiger partial charge in [0.05, 0.1) is 38.9 Å². The highest BCUT2D eigenvalue weighted by molar-refractivity contribution is 6.16. The first-order valence-electron chi connectivity index (χ1n) is 29.7. The molecule has 0 radical (unpaired) electrons. The molecule has 2 heterocycles. The quantitative estimate of drug-likeness (QED) is 0.0165. The molecule has 506 valence electrons. The first-order chi connectivity index (χ1) is 47.9. The third-order valence-corrected chi connectivity index (χ3v) is 14.7. The zero-order chi connectivity index (χ0) is 71.3. The topological polar surface area (TPSA) is 406 Å². The Labute approximate surface area is 573 Å². The van der Waals surface area contributed by atoms with E-state index < -0.39 is 53.4 Å². The molecule has 12 rings (SSSR count). The Morgan fingerprint density at radius 1 is 0.337 bits per heavy atom. The average Bonchev–Trinajstić information content (AvgIpc) is 1.74. The molecule has 0 saturated heterocycles. The molecule has 0 fully saturated rings. The van der Waals surface area contributed by atoms with E-state index in [2.05, 4.69) is 41.4 Å². The predicted molar refractivity (Wildman–Crippen MR) is 373 cm³/mol. The second-order valence-corrected chi connectivity index (χ2v) is 21.6. The molecule has 0 bridgehead atoms. The van der Waals surface area contributed by atoms with Crippen molar-refractivity contribution in [1.82, 2.24) is 0 Å². The van der Waals surface area contributed by atoms with Gasteiger partial charge in [0.1, 0.15) is 23.0 Å². The number of amides is 5. The summed E-state index contributed by atoms with van der Waals surface area (Å²) in [5.74, 6) is -7.46. The molecule has 101 heavy (non-hydrogen) atoms. The number of esters is 4. The summed E-state index contributed by atoms with van der Waals surface area (Å²) in [5, 5.41) is 36.0. The Kier molecular flexibility index (Phi) is 21.9. The minimum Gasteiger partial charge on any atom is -0.478 e. The zero-order valence-corrected chi connectivity index (χ0v) is 52.4. The lowest BCUT2D eigenvalue weighted by atomic mass is 10.0. The number of carboxylic acid groups (broad SMARTS) is 2. The van der Waals surface area contributed by atoms with Gasteiger partial charge in [0.2, 0.25) is 0 Å². The lowest BCUT2D eigenvalue weighted by molar-refractivity contribution is 0.0425. The fourth-order valence-corrected chi connectivity index (χ4v) is 9.68. The van der Waals surface area contributed by atoms with Crippen molar-refractivity contribution in [2.75, 3.05) is 50.4 Å². The lowest BCUT2D eigenvalue weighted by Gasteiger charge is -2.12. The van der Waals surface area contributed by atoms with Crippen molar-refractivity contribution in [3.8, 4) is 23.0 Å². The van der Waals surface area contributed by atoms with Crippen LogP contribution < -0.4 is 52.8 Å². The third kappa shape index (κ3) is 17.7. The van der Waals surface area contributed by atoms with E-state index in [1.165, 1.54) is 91.9 Å². The number of carbonyl (C=O) groups is 12. The van der Waals surface area contributed by atoms with Gasteiger partial charge in [-0.3, -0.25) is 28.8 Å². The number of cyclic esters (lactones) is 4. The van der Waals surface area contributed by atoms with E-state index in [4.69, 9.17) is 20.9 Å². The third-order valence-electron chi connectivity index (χ3n) is 14.7. The van der Waals surface area contributed by atoms with Crippen LogP contribution in [0.1, 0.15) is 139 Å². The normalized spacial score (nSPS) is 11.3. The minimum absolute atomic E-state index is 0. The maximum atomic E-state index is 13.1. The van der Waals surface area contributed by atoms with Crippen LogP contribution in [0.3, 0.4) is 0 Å². The number of nitrogens with one attached hydrogen (secondary N) is 6. The first kappa shape index (κ1) is 70.7. The largest absolute Gasteiger partial charge is 0.478 e. The Morgan fingerprint density at radius 2 is 0.644 bits per heavy atom. The SMILES string of the molecule is C.CNc1ccc(C(=O)Nc2cccc(NC(=O)c3ccc(NC(=O)c4ccc(Oc5ccc(C(C)=O)c(C(=O)O)c5)cc4C(=O)O)cc3)c2)cc1.Nc1ccc(C(=O)Nc2cccc(NC(=O)c3ccc(N)cc3)c2)cc1.O=C1OC(=O)c2cc(Oc3ccc4c(c3)C(=O)OC4=O)ccc21. The fraction of sp³-hybridized carbons (Fsp3) is 0.0400. The number of nitrogen functional groups attached to an aromatic ring is 2. The van der Waals surface area contributed by atoms with Crippen molar-refractivity contribution < 1.29 is 86.7 Å². The van der Waals surface area contributed by atoms with Gasteiger partial charge in [-0.2, -0.15) is 0 Å². The molecule has 0 aliphatic carbocycles. The van der Waals surface area contributed by atoms with Gasteiger partial charge in [0.25, 0.3) is 29.5 Å². The van der Waals surface area contributed by atoms with E-state index in [1.807, 2.05) is 0 Å². The summed E-state index contributed by atoms with van der Waals surface area (Å²) in [5.41, 5.74) is 17.1. The van der Waals surface area contributed by atoms with E-state index >= 15 is 0 Å². The number of ether oxygens (including phenoxy) is 4. The van der Waals surface area contributed by atoms with Crippen LogP contribution in [0.4, 0.5) is 45.5 Å². The van der Waals surface area contributed by atoms with E-state index in [0.717, 1.165) is 17.8 Å². The monoisotopic (exact) mass is 1360 g/mol. The Bertz CT molecular complexity index is 4830. The van der Waals surface area contributed by atoms with Crippen molar-refractivity contribution in [3.05, 3.63) is 285 Å². The van der Waals surface area contributed by atoms with Gasteiger partial charge >= 0.3 is 35.8 Å². The van der Waals surface area contributed by atoms with Crippen molar-refractivity contribution in [3.63, 3.8) is 0 Å². The van der Waals surface area contributed by atoms with Gasteiger partial charge < -0.3 is 72.5 Å². The number of aromatic carboxylic acids is 2. The van der Waals surface area contributed by atoms with Crippen LogP contribution in [-0.2, 0) is 9.47 Å². The van der Waals surface area contributed by atoms with Crippen molar-refractivity contribution >= 4 is 117 Å². The molecule has 0 atom stereocenters. The molecule has 26 nitrogen and oxygen atoms in total. The van der Waals surface area contributed by atoms with Crippen LogP contribution >= 0.6 is 0 Å². The molecule has 10 aromatic rings. The summed E-state index contributed by atoms with van der Waals surface area (Å²) < 4.78 is 20.2. The number of rotatable bonds is 18. The lowest BCUT2D eigenvalue weighted by Crippen LogP contribution is -2.17. The number of carboxylic acids is 2. The van der Waals surface area contributed by atoms with E-state index in [-0.39, 0.29) is 104 Å². The highest BCUT2D eigenvalue weighted by Gasteiger charge is 2.32. The second-order valence-electron chi connectivity index (χ2n) is 21.6. The van der Waals surface area contributed by atoms with E-state index in [9.17, 15) is 67.7 Å². The van der Waals surface area contributed by atoms with E-state index in [0.29, 0.717) is 50.8 Å². The summed E-state index contributed by atoms with van der Waals surface area (Å²) in [4.78, 5) is 144. The van der Waals surface area contributed by atoms with Crippen LogP contribution in [0.25, 0.3) is 0 Å². The number of hydrogen-bond acceptors (Lipinski definition) is 19. The standard InChI is InChI=1S/C38H30N4O9.C20H18N4O2.C16H6O7.CH4/c1-21(43)30-16-14-28(19-32(30)37(47)48)51-29-15-17-31(33(20-29)38(49)50)36(46)40-25-12-8-23(9-13-25)35(45)42-27-5-3-4-26(18-27)41-34(44)22-6-10-24(39-2)11-7-22;21-15-8-4-13(5-9-15)19(25)23-17-2-1-3-18(12-17)24-20(26)14-6-10-16(22)11-7-14;17-13-9-3-1-7(5-11(9)15(19)22-13)21-8-2-4-10-12(6-8)16(20)23-14(10)18;/h3-20,39H,1-2H3,(H,40,46)(H,41,44)(H,42,45)(H,47,48)(H,49,50);1-12H,21-22H2,(H,23,25)(H,24,26);1-6H;1H4. The molecule has 12 N–H and O–H groups in total. The Hall–Kier alpha value is -14.6. The molecule has 0 saturated carbocycles. The molecule has 2 aliphatic heterocycles. The molecule has 0 unspecified atom stereocenters. The van der Waals surface area contributed by atoms with Crippen LogP contribution in [0.15, 0.2) is 218 Å². The molecule has 26 heteroatoms. The van der Waals surface area contributed by atoms with Gasteiger partial charge in [-0.05, 0) is 213 Å². The fourth-order valence-electron chi connectivity index (χ4n) is 9.68. The maximum Gasteiger partial charge on any atom is 0.347 e. The number of ketones is 1. The average molecular weight is 1360 g/mol. The molecule has 10 aromatic carbocycles. The summed E-state index contributed by atoms with van der Waals surface area (Å²) in [6.45, 7) is 1.23. The van der Waals surface area contributed by atoms with Crippen molar-refractivity contribution in [2.45, 2.75) is 14.4 Å². The second kappa shape index (κ2) is 31.3. The zero-order valence-electron chi connectivity index (χ0n) is 52.4. The van der Waals surface area contributed by atoms with Crippen LogP contribution in [-0.4, -0.2) is 88.4 Å². The number of nitrogens with two attached hydrogens (primary N) is 2. The molecule has 5 amide bonds. The van der Waals surface area contributed by atoms with Crippen LogP contribution in [0.2, 0.25) is 0 Å². The van der Waals surface area contributed by atoms with Crippen LogP contribution in [0, 0.1) is 0 Å². The van der Waals surface area contributed by atoms with E-state index in [1.54, 1.807) is 128 Å². The number of fused-ring (bicyclic) bond motifs is 2. The van der Waals surface area contributed by atoms with Crippen molar-refractivity contribution in [2.24, 2.45) is 0 Å². The summed E-state index contributed by atoms with van der Waals surface area (Å²) >= 11 is 0. The van der Waals surface area contributed by atoms with Crippen molar-refractivity contribution in [1.29, 1.82) is 0 Å². The number of anilines is 8. The van der Waals surface area contributed by atoms with Crippen LogP contribution in [0.5, 0.6) is 23.0 Å². The van der Waals surface area contributed by atoms with Gasteiger partial charge in [0.15, 0.2) is 5.78 Å². The number of benzene rings is 10. The number of hydrogen-bond donors (Lipinski definition) is 10. The highest BCUT2D eigenvalue weighted by atomic mass is 16.6. The molecule has 2 aliphatic rings. The predicted octanol–water partition coefficient (Wildman–Crippen LogP) is 13.0. The minimum atomic E-state index is -1.41. The molecular weight excluding hydrogens is 1300 g/mol. The number of carbonyl (C=O) groups excluding carboxylic acids is 10. The van der Waals surface area contributed by atoms with Gasteiger partial charge in [-0.1, -0.05) is 19.6 Å². The first-order valence-corrected chi connectivity index (χ1v) is 29.7. The summed E-state index contributed by atoms with van der Waals surface area (Å²) in [6, 6.07) is 55.8. The number of Topliss-reactive ketones (excluding diaryl/α,β-unsaturated/α-hetero) is 1. The maximum absolute atomic E-state index is 13.1. The summed E-state index contributed by atoms with van der Waals surface area (Å²) in [7, 11) is 1.78. The Balaban J connectivity index is 0.000000197. The Morgan fingerprint density at radius 3 is 1.00 bits per heavy atom. The summed E-state index contributed by atoms with van der Waals surface area (Å²) in [6.07, 6.45) is 0. The van der Waals surface area contributed by atoms with Gasteiger partial charge in [-0.15, -0.1) is 0 Å². The smallest absolute Gasteiger partial charge is 0.347 e. The highest BCUT2D eigenvalue weighted by Crippen LogP contribution is 2.33.